The van der Waals surface area contributed by atoms with Crippen LogP contribution in [0.5, 0.6) is 0 Å². The van der Waals surface area contributed by atoms with Gasteiger partial charge in [0.25, 0.3) is 5.56 Å². The molecule has 1 aliphatic heterocycles. The summed E-state index contributed by atoms with van der Waals surface area (Å²) in [5.41, 5.74) is 2.20. The van der Waals surface area contributed by atoms with Crippen LogP contribution in [0, 0.1) is 13.8 Å². The number of para-hydroxylation sites is 1. The standard InChI is InChI=1S/C24H24N4O4S/c1-14-6-3-7-15(2)19(14)26-18(29)13-27-20-17-9-4-10-25-22(17)33-21(20)23(30)28(24(27)31)12-16-8-5-11-32-16/h3-4,6-7,9-10,16H,5,8,11-13H2,1-2H3,(H,26,29)/t16-/m1/s1. The maximum Gasteiger partial charge on any atom is 0.332 e. The highest BCUT2D eigenvalue weighted by molar-refractivity contribution is 7.25. The van der Waals surface area contributed by atoms with E-state index < -0.39 is 5.69 Å². The first-order valence-corrected chi connectivity index (χ1v) is 11.7. The van der Waals surface area contributed by atoms with Crippen LogP contribution in [0.15, 0.2) is 46.1 Å². The molecule has 9 heteroatoms. The Labute approximate surface area is 193 Å². The molecule has 0 saturated carbocycles. The Kier molecular flexibility index (Phi) is 5.59. The number of ether oxygens (including phenoxy) is 1. The van der Waals surface area contributed by atoms with Crippen LogP contribution in [0.1, 0.15) is 24.0 Å². The summed E-state index contributed by atoms with van der Waals surface area (Å²) in [6.45, 7) is 4.43. The lowest BCUT2D eigenvalue weighted by atomic mass is 10.1. The number of thiophene rings is 1. The monoisotopic (exact) mass is 464 g/mol. The molecule has 33 heavy (non-hydrogen) atoms. The van der Waals surface area contributed by atoms with Crippen LogP contribution in [-0.4, -0.2) is 32.7 Å². The molecule has 1 aromatic carbocycles. The van der Waals surface area contributed by atoms with E-state index in [4.69, 9.17) is 4.74 Å². The number of benzene rings is 1. The van der Waals surface area contributed by atoms with Crippen molar-refractivity contribution in [2.45, 2.75) is 45.9 Å². The Morgan fingerprint density at radius 1 is 1.18 bits per heavy atom. The first-order chi connectivity index (χ1) is 15.9. The summed E-state index contributed by atoms with van der Waals surface area (Å²) in [7, 11) is 0. The van der Waals surface area contributed by atoms with Crippen molar-refractivity contribution >= 4 is 43.4 Å². The quantitative estimate of drug-likeness (QED) is 0.489. The van der Waals surface area contributed by atoms with E-state index in [0.717, 1.165) is 29.7 Å². The van der Waals surface area contributed by atoms with E-state index in [9.17, 15) is 14.4 Å². The zero-order chi connectivity index (χ0) is 23.1. The molecule has 4 aromatic rings. The molecular formula is C24H24N4O4S. The summed E-state index contributed by atoms with van der Waals surface area (Å²) in [5.74, 6) is -0.332. The van der Waals surface area contributed by atoms with Gasteiger partial charge in [-0.2, -0.15) is 0 Å². The minimum Gasteiger partial charge on any atom is -0.376 e. The fourth-order valence-electron chi connectivity index (χ4n) is 4.42. The number of carbonyl (C=O) groups is 1. The van der Waals surface area contributed by atoms with E-state index in [1.165, 1.54) is 20.5 Å². The number of fused-ring (bicyclic) bond motifs is 3. The number of hydrogen-bond acceptors (Lipinski definition) is 6. The van der Waals surface area contributed by atoms with Crippen molar-refractivity contribution in [2.75, 3.05) is 11.9 Å². The Hall–Kier alpha value is -3.30. The Morgan fingerprint density at radius 2 is 1.97 bits per heavy atom. The molecule has 3 aromatic heterocycles. The maximum atomic E-state index is 13.5. The number of carbonyl (C=O) groups excluding carboxylic acids is 1. The molecule has 1 N–H and O–H groups in total. The molecule has 170 valence electrons. The van der Waals surface area contributed by atoms with Crippen molar-refractivity contribution < 1.29 is 9.53 Å². The second kappa shape index (κ2) is 8.57. The van der Waals surface area contributed by atoms with Crippen LogP contribution in [0.2, 0.25) is 0 Å². The van der Waals surface area contributed by atoms with Gasteiger partial charge in [-0.25, -0.2) is 9.78 Å². The van der Waals surface area contributed by atoms with Gasteiger partial charge >= 0.3 is 5.69 Å². The predicted molar refractivity (Wildman–Crippen MR) is 129 cm³/mol. The normalized spacial score (nSPS) is 16.0. The van der Waals surface area contributed by atoms with Crippen molar-refractivity contribution in [1.82, 2.24) is 14.1 Å². The number of amides is 1. The number of hydrogen-bond donors (Lipinski definition) is 1. The summed E-state index contributed by atoms with van der Waals surface area (Å²) >= 11 is 1.24. The molecule has 1 amide bonds. The highest BCUT2D eigenvalue weighted by atomic mass is 32.1. The van der Waals surface area contributed by atoms with Gasteiger partial charge in [-0.1, -0.05) is 18.2 Å². The predicted octanol–water partition coefficient (Wildman–Crippen LogP) is 3.21. The van der Waals surface area contributed by atoms with Gasteiger partial charge in [-0.15, -0.1) is 11.3 Å². The minimum absolute atomic E-state index is 0.174. The molecule has 0 aliphatic carbocycles. The summed E-state index contributed by atoms with van der Waals surface area (Å²) < 4.78 is 8.69. The van der Waals surface area contributed by atoms with Crippen LogP contribution in [-0.2, 0) is 22.6 Å². The molecule has 0 unspecified atom stereocenters. The topological polar surface area (TPSA) is 95.2 Å². The summed E-state index contributed by atoms with van der Waals surface area (Å²) in [6.07, 6.45) is 3.17. The fourth-order valence-corrected chi connectivity index (χ4v) is 5.51. The van der Waals surface area contributed by atoms with Crippen LogP contribution in [0.3, 0.4) is 0 Å². The van der Waals surface area contributed by atoms with Gasteiger partial charge in [-0.3, -0.25) is 18.7 Å². The SMILES string of the molecule is Cc1cccc(C)c1NC(=O)Cn1c(=O)n(C[C@H]2CCCO2)c(=O)c2sc3ncccc3c21. The summed E-state index contributed by atoms with van der Waals surface area (Å²) in [4.78, 5) is 44.9. The van der Waals surface area contributed by atoms with E-state index >= 15 is 0 Å². The average Bonchev–Trinajstić information content (AvgIpc) is 3.45. The number of aryl methyl sites for hydroxylation is 2. The van der Waals surface area contributed by atoms with Crippen molar-refractivity contribution in [1.29, 1.82) is 0 Å². The number of anilines is 1. The lowest BCUT2D eigenvalue weighted by Gasteiger charge is -2.16. The first kappa shape index (κ1) is 21.5. The van der Waals surface area contributed by atoms with Gasteiger partial charge in [0.1, 0.15) is 16.1 Å². The zero-order valence-electron chi connectivity index (χ0n) is 18.5. The number of rotatable bonds is 5. The second-order valence-electron chi connectivity index (χ2n) is 8.37. The number of nitrogens with zero attached hydrogens (tertiary/aromatic N) is 3. The number of pyridine rings is 1. The number of aromatic nitrogens is 3. The van der Waals surface area contributed by atoms with Crippen molar-refractivity contribution in [2.24, 2.45) is 0 Å². The van der Waals surface area contributed by atoms with Crippen molar-refractivity contribution in [3.8, 4) is 0 Å². The molecule has 0 radical (unpaired) electrons. The first-order valence-electron chi connectivity index (χ1n) is 10.9. The van der Waals surface area contributed by atoms with Crippen LogP contribution in [0.4, 0.5) is 5.69 Å². The Balaban J connectivity index is 1.63. The third kappa shape index (κ3) is 3.87. The van der Waals surface area contributed by atoms with E-state index in [1.807, 2.05) is 38.1 Å². The Bertz CT molecular complexity index is 1470. The molecule has 5 rings (SSSR count). The molecule has 0 bridgehead atoms. The second-order valence-corrected chi connectivity index (χ2v) is 9.37. The molecular weight excluding hydrogens is 440 g/mol. The lowest BCUT2D eigenvalue weighted by Crippen LogP contribution is -2.43. The number of nitrogens with one attached hydrogen (secondary N) is 1. The third-order valence-corrected chi connectivity index (χ3v) is 7.16. The summed E-state index contributed by atoms with van der Waals surface area (Å²) in [6, 6.07) is 9.36. The van der Waals surface area contributed by atoms with Gasteiger partial charge in [0.05, 0.1) is 18.2 Å². The van der Waals surface area contributed by atoms with Crippen LogP contribution >= 0.6 is 11.3 Å². The van der Waals surface area contributed by atoms with E-state index in [1.54, 1.807) is 12.3 Å². The Morgan fingerprint density at radius 3 is 2.70 bits per heavy atom. The van der Waals surface area contributed by atoms with Gasteiger partial charge in [0.2, 0.25) is 5.91 Å². The zero-order valence-corrected chi connectivity index (χ0v) is 19.3. The molecule has 1 saturated heterocycles. The molecule has 8 nitrogen and oxygen atoms in total. The molecule has 1 aliphatic rings. The molecule has 1 fully saturated rings. The average molecular weight is 465 g/mol. The van der Waals surface area contributed by atoms with Gasteiger partial charge in [0, 0.05) is 23.9 Å². The van der Waals surface area contributed by atoms with Crippen molar-refractivity contribution in [3.63, 3.8) is 0 Å². The van der Waals surface area contributed by atoms with E-state index in [-0.39, 0.29) is 30.7 Å². The van der Waals surface area contributed by atoms with Gasteiger partial charge < -0.3 is 10.1 Å². The largest absolute Gasteiger partial charge is 0.376 e. The molecule has 1 atom stereocenters. The van der Waals surface area contributed by atoms with Gasteiger partial charge in [0.15, 0.2) is 0 Å². The van der Waals surface area contributed by atoms with E-state index in [0.29, 0.717) is 27.0 Å². The summed E-state index contributed by atoms with van der Waals surface area (Å²) in [5, 5.41) is 3.63. The molecule has 0 spiro atoms. The third-order valence-electron chi connectivity index (χ3n) is 6.07. The minimum atomic E-state index is -0.511. The van der Waals surface area contributed by atoms with E-state index in [2.05, 4.69) is 10.3 Å². The van der Waals surface area contributed by atoms with Crippen molar-refractivity contribution in [3.05, 3.63) is 68.5 Å². The maximum absolute atomic E-state index is 13.5. The lowest BCUT2D eigenvalue weighted by molar-refractivity contribution is -0.116. The fraction of sp³-hybridized carbons (Fsp3) is 0.333. The van der Waals surface area contributed by atoms with Crippen LogP contribution in [0.25, 0.3) is 20.4 Å². The van der Waals surface area contributed by atoms with Crippen LogP contribution < -0.4 is 16.6 Å². The highest BCUT2D eigenvalue weighted by Crippen LogP contribution is 2.29. The highest BCUT2D eigenvalue weighted by Gasteiger charge is 2.24. The molecule has 4 heterocycles. The smallest absolute Gasteiger partial charge is 0.332 e. The van der Waals surface area contributed by atoms with Gasteiger partial charge in [-0.05, 0) is 49.9 Å².